The van der Waals surface area contributed by atoms with Crippen molar-refractivity contribution in [2.24, 2.45) is 0 Å². The number of allylic oxidation sites excluding steroid dienone is 1. The number of aromatic nitrogens is 2. The van der Waals surface area contributed by atoms with Gasteiger partial charge in [-0.15, -0.1) is 0 Å². The second-order valence-electron chi connectivity index (χ2n) is 4.74. The molecule has 122 valence electrons. The molecule has 0 saturated carbocycles. The van der Waals surface area contributed by atoms with E-state index >= 15 is 0 Å². The van der Waals surface area contributed by atoms with E-state index in [1.165, 1.54) is 0 Å². The van der Waals surface area contributed by atoms with E-state index in [0.717, 1.165) is 10.8 Å². The Bertz CT molecular complexity index is 679. The molecule has 0 bridgehead atoms. The van der Waals surface area contributed by atoms with Gasteiger partial charge in [0.1, 0.15) is 12.3 Å². The number of nitrogens with one attached hydrogen (secondary N) is 1. The highest BCUT2D eigenvalue weighted by atomic mass is 19.4. The van der Waals surface area contributed by atoms with Crippen molar-refractivity contribution in [1.29, 1.82) is 0 Å². The Morgan fingerprint density at radius 3 is 2.68 bits per heavy atom. The number of rotatable bonds is 3. The van der Waals surface area contributed by atoms with Crippen LogP contribution in [0, 0.1) is 0 Å². The van der Waals surface area contributed by atoms with Crippen LogP contribution in [0.15, 0.2) is 21.9 Å². The van der Waals surface area contributed by atoms with E-state index in [1.54, 1.807) is 0 Å². The molecule has 1 aromatic heterocycles. The Balaban J connectivity index is 2.36. The van der Waals surface area contributed by atoms with Crippen LogP contribution in [0.3, 0.4) is 0 Å². The third-order valence-corrected chi connectivity index (χ3v) is 3.14. The van der Waals surface area contributed by atoms with Crippen LogP contribution in [-0.2, 0) is 4.74 Å². The summed E-state index contributed by atoms with van der Waals surface area (Å²) in [6.45, 7) is -0.476. The number of nitrogens with zero attached hydrogens (tertiary/aromatic N) is 1. The van der Waals surface area contributed by atoms with Crippen LogP contribution in [0.5, 0.6) is 0 Å². The lowest BCUT2D eigenvalue weighted by Gasteiger charge is -2.14. The molecule has 2 heterocycles. The van der Waals surface area contributed by atoms with E-state index in [4.69, 9.17) is 9.84 Å². The molecule has 0 amide bonds. The molecular formula is C12H13F3N2O5. The van der Waals surface area contributed by atoms with Gasteiger partial charge in [-0.25, -0.2) is 4.79 Å². The quantitative estimate of drug-likeness (QED) is 0.712. The lowest BCUT2D eigenvalue weighted by atomic mass is 10.2. The maximum atomic E-state index is 12.1. The summed E-state index contributed by atoms with van der Waals surface area (Å²) >= 11 is 0. The van der Waals surface area contributed by atoms with Crippen LogP contribution < -0.4 is 11.2 Å². The predicted molar refractivity (Wildman–Crippen MR) is 68.0 cm³/mol. The first-order chi connectivity index (χ1) is 10.2. The summed E-state index contributed by atoms with van der Waals surface area (Å²) < 4.78 is 42.5. The van der Waals surface area contributed by atoms with Gasteiger partial charge < -0.3 is 14.9 Å². The van der Waals surface area contributed by atoms with Gasteiger partial charge in [-0.2, -0.15) is 13.2 Å². The molecule has 2 rings (SSSR count). The van der Waals surface area contributed by atoms with Crippen LogP contribution in [0.25, 0.3) is 6.08 Å². The number of aliphatic hydroxyl groups excluding tert-OH is 2. The van der Waals surface area contributed by atoms with Crippen LogP contribution in [0.2, 0.25) is 0 Å². The molecule has 10 heteroatoms. The second kappa shape index (κ2) is 6.07. The first-order valence-electron chi connectivity index (χ1n) is 6.27. The highest BCUT2D eigenvalue weighted by Crippen LogP contribution is 2.27. The monoisotopic (exact) mass is 322 g/mol. The van der Waals surface area contributed by atoms with Crippen LogP contribution in [0.4, 0.5) is 13.2 Å². The molecule has 1 aliphatic heterocycles. The number of halogens is 3. The van der Waals surface area contributed by atoms with Crippen molar-refractivity contribution in [2.75, 3.05) is 6.61 Å². The van der Waals surface area contributed by atoms with Crippen molar-refractivity contribution in [2.45, 2.75) is 31.0 Å². The summed E-state index contributed by atoms with van der Waals surface area (Å²) in [4.78, 5) is 25.1. The lowest BCUT2D eigenvalue weighted by molar-refractivity contribution is -0.0790. The number of alkyl halides is 3. The molecule has 1 fully saturated rings. The predicted octanol–water partition coefficient (Wildman–Crippen LogP) is -0.247. The fraction of sp³-hybridized carbons (Fsp3) is 0.500. The van der Waals surface area contributed by atoms with E-state index in [2.05, 4.69) is 0 Å². The highest BCUT2D eigenvalue weighted by Gasteiger charge is 2.35. The molecule has 1 aliphatic rings. The number of H-pyrrole nitrogens is 1. The standard InChI is InChI=1S/C12H13F3N2O5/c13-12(14,15)2-1-6-4-17(11(21)16-10(6)20)9-3-7(19)8(5-18)22-9/h1-2,4,7-9,18-19H,3,5H2,(H,16,20,21)/b2-1+. The summed E-state index contributed by atoms with van der Waals surface area (Å²) in [7, 11) is 0. The van der Waals surface area contributed by atoms with Crippen molar-refractivity contribution in [1.82, 2.24) is 9.55 Å². The van der Waals surface area contributed by atoms with E-state index in [1.807, 2.05) is 4.98 Å². The van der Waals surface area contributed by atoms with Gasteiger partial charge in [0.15, 0.2) is 0 Å². The van der Waals surface area contributed by atoms with E-state index in [0.29, 0.717) is 6.08 Å². The molecule has 22 heavy (non-hydrogen) atoms. The number of hydrogen-bond donors (Lipinski definition) is 3. The second-order valence-corrected chi connectivity index (χ2v) is 4.74. The van der Waals surface area contributed by atoms with Crippen LogP contribution in [0.1, 0.15) is 18.2 Å². The molecule has 0 aromatic carbocycles. The molecule has 7 nitrogen and oxygen atoms in total. The zero-order valence-corrected chi connectivity index (χ0v) is 11.1. The Labute approximate surface area is 121 Å². The molecule has 0 spiro atoms. The summed E-state index contributed by atoms with van der Waals surface area (Å²) in [5, 5.41) is 18.6. The summed E-state index contributed by atoms with van der Waals surface area (Å²) in [6, 6.07) is 0. The molecule has 0 aliphatic carbocycles. The summed E-state index contributed by atoms with van der Waals surface area (Å²) in [5.41, 5.74) is -2.24. The van der Waals surface area contributed by atoms with Crippen molar-refractivity contribution in [3.8, 4) is 0 Å². The summed E-state index contributed by atoms with van der Waals surface area (Å²) in [6.07, 6.45) is -6.25. The first kappa shape index (κ1) is 16.5. The van der Waals surface area contributed by atoms with Crippen molar-refractivity contribution in [3.63, 3.8) is 0 Å². The van der Waals surface area contributed by atoms with Gasteiger partial charge >= 0.3 is 11.9 Å². The lowest BCUT2D eigenvalue weighted by Crippen LogP contribution is -2.33. The molecule has 1 saturated heterocycles. The van der Waals surface area contributed by atoms with Gasteiger partial charge in [0.2, 0.25) is 0 Å². The maximum Gasteiger partial charge on any atom is 0.409 e. The minimum atomic E-state index is -4.60. The zero-order valence-electron chi connectivity index (χ0n) is 11.1. The minimum absolute atomic E-state index is 0.0421. The summed E-state index contributed by atoms with van der Waals surface area (Å²) in [5.74, 6) is 0. The molecule has 3 N–H and O–H groups in total. The minimum Gasteiger partial charge on any atom is -0.394 e. The van der Waals surface area contributed by atoms with Crippen molar-refractivity contribution in [3.05, 3.63) is 38.7 Å². The normalized spacial score (nSPS) is 26.0. The fourth-order valence-corrected chi connectivity index (χ4v) is 2.07. The largest absolute Gasteiger partial charge is 0.409 e. The van der Waals surface area contributed by atoms with Crippen LogP contribution >= 0.6 is 0 Å². The highest BCUT2D eigenvalue weighted by molar-refractivity contribution is 5.47. The van der Waals surface area contributed by atoms with E-state index < -0.39 is 42.5 Å². The molecule has 0 radical (unpaired) electrons. The Hall–Kier alpha value is -1.91. The van der Waals surface area contributed by atoms with Gasteiger partial charge in [0.25, 0.3) is 5.56 Å². The topological polar surface area (TPSA) is 105 Å². The van der Waals surface area contributed by atoms with E-state index in [9.17, 15) is 27.9 Å². The zero-order chi connectivity index (χ0) is 16.5. The Morgan fingerprint density at radius 2 is 2.14 bits per heavy atom. The number of aromatic amines is 1. The molecular weight excluding hydrogens is 309 g/mol. The average Bonchev–Trinajstić information content (AvgIpc) is 2.77. The maximum absolute atomic E-state index is 12.1. The third-order valence-electron chi connectivity index (χ3n) is 3.14. The number of aliphatic hydroxyl groups is 2. The van der Waals surface area contributed by atoms with Gasteiger partial charge in [-0.3, -0.25) is 14.3 Å². The van der Waals surface area contributed by atoms with Crippen LogP contribution in [-0.4, -0.2) is 44.8 Å². The number of ether oxygens (including phenoxy) is 1. The molecule has 3 unspecified atom stereocenters. The Kier molecular flexibility index (Phi) is 4.54. The van der Waals surface area contributed by atoms with Crippen molar-refractivity contribution < 1.29 is 28.1 Å². The third kappa shape index (κ3) is 3.64. The van der Waals surface area contributed by atoms with E-state index in [-0.39, 0.29) is 18.1 Å². The molecule has 3 atom stereocenters. The number of hydrogen-bond acceptors (Lipinski definition) is 5. The van der Waals surface area contributed by atoms with Gasteiger partial charge in [0, 0.05) is 18.7 Å². The average molecular weight is 322 g/mol. The van der Waals surface area contributed by atoms with Gasteiger partial charge in [0.05, 0.1) is 18.3 Å². The first-order valence-corrected chi connectivity index (χ1v) is 6.27. The smallest absolute Gasteiger partial charge is 0.394 e. The van der Waals surface area contributed by atoms with Crippen molar-refractivity contribution >= 4 is 6.08 Å². The van der Waals surface area contributed by atoms with Gasteiger partial charge in [-0.1, -0.05) is 0 Å². The van der Waals surface area contributed by atoms with Gasteiger partial charge in [-0.05, 0) is 6.08 Å². The molecule has 1 aromatic rings. The SMILES string of the molecule is O=c1[nH]c(=O)n(C2CC(O)C(CO)O2)cc1/C=C/C(F)(F)F. The Morgan fingerprint density at radius 1 is 1.45 bits per heavy atom. The fourth-order valence-electron chi connectivity index (χ4n) is 2.07.